The molecule has 6 nitrogen and oxygen atoms in total. The highest BCUT2D eigenvalue weighted by atomic mass is 35.5. The van der Waals surface area contributed by atoms with E-state index < -0.39 is 0 Å². The maximum atomic E-state index is 12.0. The van der Waals surface area contributed by atoms with Gasteiger partial charge >= 0.3 is 0 Å². The predicted molar refractivity (Wildman–Crippen MR) is 103 cm³/mol. The highest BCUT2D eigenvalue weighted by Gasteiger charge is 2.17. The van der Waals surface area contributed by atoms with Crippen molar-refractivity contribution in [3.8, 4) is 11.5 Å². The average molecular weight is 379 g/mol. The van der Waals surface area contributed by atoms with E-state index in [4.69, 9.17) is 19.9 Å². The van der Waals surface area contributed by atoms with E-state index in [2.05, 4.69) is 17.4 Å². The largest absolute Gasteiger partial charge is 0.454 e. The van der Waals surface area contributed by atoms with E-state index in [1.165, 1.54) is 5.56 Å². The summed E-state index contributed by atoms with van der Waals surface area (Å²) in [7, 11) is 0. The van der Waals surface area contributed by atoms with Crippen LogP contribution in [0.5, 0.6) is 11.5 Å². The number of amides is 1. The number of halogens is 1. The molecule has 1 aliphatic heterocycles. The Bertz CT molecular complexity index is 725. The molecule has 0 saturated heterocycles. The van der Waals surface area contributed by atoms with Crippen molar-refractivity contribution >= 4 is 29.7 Å². The molecule has 0 unspecified atom stereocenters. The first-order valence-corrected chi connectivity index (χ1v) is 8.33. The van der Waals surface area contributed by atoms with Crippen molar-refractivity contribution in [1.82, 2.24) is 0 Å². The van der Waals surface area contributed by atoms with Crippen molar-refractivity contribution in [3.05, 3.63) is 48.0 Å². The first kappa shape index (κ1) is 19.9. The summed E-state index contributed by atoms with van der Waals surface area (Å²) in [5, 5.41) is 2.80. The molecule has 1 amide bonds. The van der Waals surface area contributed by atoms with Gasteiger partial charge in [0.1, 0.15) is 0 Å². The Kier molecular flexibility index (Phi) is 7.56. The van der Waals surface area contributed by atoms with Gasteiger partial charge in [-0.1, -0.05) is 30.3 Å². The molecule has 3 rings (SSSR count). The van der Waals surface area contributed by atoms with Gasteiger partial charge in [0.05, 0.1) is 18.0 Å². The number of ether oxygens (including phenoxy) is 3. The molecular formula is C19H23ClN2O4. The molecule has 2 aromatic carbocycles. The van der Waals surface area contributed by atoms with E-state index in [-0.39, 0.29) is 25.1 Å². The van der Waals surface area contributed by atoms with Crippen molar-refractivity contribution in [2.24, 2.45) is 0 Å². The number of nitrogens with two attached hydrogens (primary N) is 1. The average Bonchev–Trinajstić information content (AvgIpc) is 3.06. The molecule has 0 aliphatic carbocycles. The van der Waals surface area contributed by atoms with Crippen molar-refractivity contribution in [1.29, 1.82) is 0 Å². The van der Waals surface area contributed by atoms with Gasteiger partial charge in [-0.2, -0.15) is 0 Å². The summed E-state index contributed by atoms with van der Waals surface area (Å²) in [6.45, 7) is 1.38. The highest BCUT2D eigenvalue weighted by Crippen LogP contribution is 2.38. The lowest BCUT2D eigenvalue weighted by atomic mass is 10.2. The second kappa shape index (κ2) is 9.89. The summed E-state index contributed by atoms with van der Waals surface area (Å²) in [4.78, 5) is 12.0. The molecule has 0 bridgehead atoms. The third kappa shape index (κ3) is 5.54. The van der Waals surface area contributed by atoms with Gasteiger partial charge in [0.15, 0.2) is 11.5 Å². The molecule has 0 fully saturated rings. The molecule has 26 heavy (non-hydrogen) atoms. The third-order valence-corrected chi connectivity index (χ3v) is 3.89. The molecule has 1 heterocycles. The topological polar surface area (TPSA) is 82.8 Å². The van der Waals surface area contributed by atoms with Crippen molar-refractivity contribution in [3.63, 3.8) is 0 Å². The van der Waals surface area contributed by atoms with Crippen LogP contribution in [0.2, 0.25) is 0 Å². The summed E-state index contributed by atoms with van der Waals surface area (Å²) in [5.41, 5.74) is 8.16. The van der Waals surface area contributed by atoms with Crippen LogP contribution >= 0.6 is 12.4 Å². The Morgan fingerprint density at radius 1 is 1.12 bits per heavy atom. The van der Waals surface area contributed by atoms with E-state index in [9.17, 15) is 4.79 Å². The Labute approximate surface area is 159 Å². The van der Waals surface area contributed by atoms with Crippen LogP contribution in [0.15, 0.2) is 42.5 Å². The smallest absolute Gasteiger partial charge is 0.231 e. The van der Waals surface area contributed by atoms with Gasteiger partial charge in [0.2, 0.25) is 12.7 Å². The maximum Gasteiger partial charge on any atom is 0.231 e. The number of rotatable bonds is 8. The normalized spacial score (nSPS) is 11.7. The molecular weight excluding hydrogens is 356 g/mol. The minimum atomic E-state index is -0.0998. The van der Waals surface area contributed by atoms with Crippen LogP contribution in [0.3, 0.4) is 0 Å². The monoisotopic (exact) mass is 378 g/mol. The van der Waals surface area contributed by atoms with E-state index in [1.54, 1.807) is 12.1 Å². The number of anilines is 2. The summed E-state index contributed by atoms with van der Waals surface area (Å²) in [6, 6.07) is 13.5. The van der Waals surface area contributed by atoms with E-state index in [1.807, 2.05) is 18.2 Å². The molecule has 0 radical (unpaired) electrons. The molecule has 140 valence electrons. The SMILES string of the molecule is Cl.Nc1cc2c(cc1NC(=O)CCCOCCc1ccccc1)OCO2. The van der Waals surface area contributed by atoms with Crippen molar-refractivity contribution < 1.29 is 19.0 Å². The van der Waals surface area contributed by atoms with Crippen LogP contribution in [0.4, 0.5) is 11.4 Å². The number of benzene rings is 2. The van der Waals surface area contributed by atoms with Crippen LogP contribution < -0.4 is 20.5 Å². The fraction of sp³-hybridized carbons (Fsp3) is 0.316. The van der Waals surface area contributed by atoms with Gasteiger partial charge < -0.3 is 25.3 Å². The van der Waals surface area contributed by atoms with E-state index in [0.717, 1.165) is 6.42 Å². The Morgan fingerprint density at radius 3 is 2.62 bits per heavy atom. The first-order chi connectivity index (χ1) is 12.2. The zero-order valence-electron chi connectivity index (χ0n) is 14.4. The fourth-order valence-corrected chi connectivity index (χ4v) is 2.55. The Morgan fingerprint density at radius 2 is 1.85 bits per heavy atom. The Hall–Kier alpha value is -2.44. The highest BCUT2D eigenvalue weighted by molar-refractivity contribution is 5.94. The van der Waals surface area contributed by atoms with Gasteiger partial charge in [-0.05, 0) is 18.4 Å². The number of fused-ring (bicyclic) bond motifs is 1. The molecule has 0 saturated carbocycles. The number of carbonyl (C=O) groups is 1. The molecule has 7 heteroatoms. The standard InChI is InChI=1S/C19H22N2O4.ClH/c20-15-11-17-18(25-13-24-17)12-16(15)21-19(22)7-4-9-23-10-8-14-5-2-1-3-6-14;/h1-3,5-6,11-12H,4,7-10,13,20H2,(H,21,22);1H. The van der Waals surface area contributed by atoms with Gasteiger partial charge in [-0.15, -0.1) is 12.4 Å². The predicted octanol–water partition coefficient (Wildman–Crippen LogP) is 3.40. The second-order valence-corrected chi connectivity index (χ2v) is 5.79. The second-order valence-electron chi connectivity index (χ2n) is 5.79. The number of nitrogen functional groups attached to an aromatic ring is 1. The number of hydrogen-bond acceptors (Lipinski definition) is 5. The van der Waals surface area contributed by atoms with Crippen LogP contribution in [0.1, 0.15) is 18.4 Å². The lowest BCUT2D eigenvalue weighted by Crippen LogP contribution is -2.13. The first-order valence-electron chi connectivity index (χ1n) is 8.33. The van der Waals surface area contributed by atoms with Crippen LogP contribution in [0.25, 0.3) is 0 Å². The van der Waals surface area contributed by atoms with Gasteiger partial charge in [-0.3, -0.25) is 4.79 Å². The van der Waals surface area contributed by atoms with Crippen LogP contribution in [-0.4, -0.2) is 25.9 Å². The fourth-order valence-electron chi connectivity index (χ4n) is 2.55. The quantitative estimate of drug-likeness (QED) is 0.543. The van der Waals surface area contributed by atoms with Crippen LogP contribution in [0, 0.1) is 0 Å². The van der Waals surface area contributed by atoms with E-state index in [0.29, 0.717) is 48.9 Å². The van der Waals surface area contributed by atoms with E-state index >= 15 is 0 Å². The summed E-state index contributed by atoms with van der Waals surface area (Å²) < 4.78 is 16.1. The zero-order valence-corrected chi connectivity index (χ0v) is 15.2. The van der Waals surface area contributed by atoms with Crippen molar-refractivity contribution in [2.45, 2.75) is 19.3 Å². The minimum Gasteiger partial charge on any atom is -0.454 e. The summed E-state index contributed by atoms with van der Waals surface area (Å²) in [5.74, 6) is 1.09. The lowest BCUT2D eigenvalue weighted by Gasteiger charge is -2.09. The molecule has 0 spiro atoms. The van der Waals surface area contributed by atoms with Crippen LogP contribution in [-0.2, 0) is 16.0 Å². The Balaban J connectivity index is 0.00000243. The molecule has 3 N–H and O–H groups in total. The summed E-state index contributed by atoms with van der Waals surface area (Å²) >= 11 is 0. The number of hydrogen-bond donors (Lipinski definition) is 2. The zero-order chi connectivity index (χ0) is 17.5. The number of carbonyl (C=O) groups excluding carboxylic acids is 1. The maximum absolute atomic E-state index is 12.0. The van der Waals surface area contributed by atoms with Crippen molar-refractivity contribution in [2.75, 3.05) is 31.1 Å². The minimum absolute atomic E-state index is 0. The molecule has 2 aromatic rings. The lowest BCUT2D eigenvalue weighted by molar-refractivity contribution is -0.116. The van der Waals surface area contributed by atoms with Gasteiger partial charge in [-0.25, -0.2) is 0 Å². The molecule has 1 aliphatic rings. The van der Waals surface area contributed by atoms with Gasteiger partial charge in [0, 0.05) is 25.2 Å². The number of nitrogens with one attached hydrogen (secondary N) is 1. The summed E-state index contributed by atoms with van der Waals surface area (Å²) in [6.07, 6.45) is 1.91. The molecule has 0 atom stereocenters. The molecule has 0 aromatic heterocycles. The van der Waals surface area contributed by atoms with Gasteiger partial charge in [0.25, 0.3) is 0 Å². The third-order valence-electron chi connectivity index (χ3n) is 3.89.